The van der Waals surface area contributed by atoms with E-state index in [0.717, 1.165) is 9.58 Å². The van der Waals surface area contributed by atoms with Crippen LogP contribution in [0.2, 0.25) is 0 Å². The lowest BCUT2D eigenvalue weighted by Gasteiger charge is -2.16. The van der Waals surface area contributed by atoms with Crippen LogP contribution >= 0.6 is 12.1 Å². The summed E-state index contributed by atoms with van der Waals surface area (Å²) < 4.78 is 44.9. The van der Waals surface area contributed by atoms with Gasteiger partial charge in [-0.25, -0.2) is 10.4 Å². The van der Waals surface area contributed by atoms with Crippen LogP contribution in [-0.2, 0) is 16.8 Å². The van der Waals surface area contributed by atoms with E-state index in [4.69, 9.17) is 16.1 Å². The number of nitrogens with zero attached hydrogens (tertiary/aromatic N) is 4. The van der Waals surface area contributed by atoms with Crippen molar-refractivity contribution in [2.45, 2.75) is 24.8 Å². The van der Waals surface area contributed by atoms with E-state index >= 15 is 0 Å². The second-order valence-corrected chi connectivity index (χ2v) is 7.08. The molecule has 0 saturated carbocycles. The van der Waals surface area contributed by atoms with Crippen LogP contribution in [0.25, 0.3) is 0 Å². The van der Waals surface area contributed by atoms with E-state index in [-0.39, 0.29) is 43.1 Å². The molecule has 0 aliphatic heterocycles. The molecule has 11 nitrogen and oxygen atoms in total. The molecule has 5 N–H and O–H groups in total. The average molecular weight is 384 g/mol. The highest BCUT2D eigenvalue weighted by Crippen LogP contribution is 2.17. The minimum Gasteiger partial charge on any atom is -0.401 e. The number of imidazole rings is 1. The van der Waals surface area contributed by atoms with Gasteiger partial charge in [-0.2, -0.15) is 12.3 Å². The van der Waals surface area contributed by atoms with E-state index < -0.39 is 26.2 Å². The van der Waals surface area contributed by atoms with Crippen molar-refractivity contribution in [1.29, 1.82) is 0 Å². The fourth-order valence-corrected chi connectivity index (χ4v) is 3.20. The molecule has 1 rings (SSSR count). The Balaban J connectivity index is 2.75. The Morgan fingerprint density at radius 1 is 1.67 bits per heavy atom. The SMILES string of the molecule is N/C(=C\N(N)Cn1ccnc1[N+](=O)[O-])CC(CCSF)S(=O)(=O)O. The lowest BCUT2D eigenvalue weighted by Crippen LogP contribution is -2.30. The van der Waals surface area contributed by atoms with Gasteiger partial charge in [-0.15, -0.1) is 0 Å². The van der Waals surface area contributed by atoms with Crippen LogP contribution in [0.1, 0.15) is 12.8 Å². The Labute approximate surface area is 141 Å². The summed E-state index contributed by atoms with van der Waals surface area (Å²) in [4.78, 5) is 13.6. The first-order valence-corrected chi connectivity index (χ1v) is 8.87. The second-order valence-electron chi connectivity index (χ2n) is 4.76. The quantitative estimate of drug-likeness (QED) is 0.222. The number of rotatable bonds is 10. The van der Waals surface area contributed by atoms with Crippen molar-refractivity contribution < 1.29 is 21.8 Å². The summed E-state index contributed by atoms with van der Waals surface area (Å²) in [5, 5.41) is 10.5. The standard InChI is InChI=1S/C10H17FN6O5S2/c11-23-4-1-9(24(20,21)22)5-8(12)6-16(13)7-15-3-2-14-10(15)17(18)19/h2-3,6,9H,1,4-5,7,12-13H2,(H,20,21,22)/b8-6-. The summed E-state index contributed by atoms with van der Waals surface area (Å²) in [5.41, 5.74) is 5.68. The molecule has 1 aromatic rings. The van der Waals surface area contributed by atoms with Crippen molar-refractivity contribution in [3.05, 3.63) is 34.4 Å². The van der Waals surface area contributed by atoms with Crippen LogP contribution < -0.4 is 11.6 Å². The largest absolute Gasteiger partial charge is 0.436 e. The van der Waals surface area contributed by atoms with E-state index in [1.165, 1.54) is 18.6 Å². The van der Waals surface area contributed by atoms with Crippen LogP contribution in [0.4, 0.5) is 9.83 Å². The highest BCUT2D eigenvalue weighted by Gasteiger charge is 2.24. The van der Waals surface area contributed by atoms with Crippen molar-refractivity contribution in [2.24, 2.45) is 11.6 Å². The topological polar surface area (TPSA) is 171 Å². The third-order valence-electron chi connectivity index (χ3n) is 2.91. The van der Waals surface area contributed by atoms with Gasteiger partial charge in [-0.1, -0.05) is 4.98 Å². The van der Waals surface area contributed by atoms with Crippen LogP contribution in [0.3, 0.4) is 0 Å². The number of allylic oxidation sites excluding steroid dienone is 1. The number of halogens is 1. The Kier molecular flexibility index (Phi) is 7.40. The monoisotopic (exact) mass is 384 g/mol. The van der Waals surface area contributed by atoms with Gasteiger partial charge in [-0.05, 0) is 11.3 Å². The third-order valence-corrected chi connectivity index (χ3v) is 4.54. The number of nitrogens with two attached hydrogens (primary N) is 2. The van der Waals surface area contributed by atoms with E-state index in [2.05, 4.69) is 4.98 Å². The number of nitro groups is 1. The maximum Gasteiger partial charge on any atom is 0.436 e. The van der Waals surface area contributed by atoms with Gasteiger partial charge in [0, 0.05) is 36.2 Å². The molecule has 1 atom stereocenters. The highest BCUT2D eigenvalue weighted by atomic mass is 32.2. The van der Waals surface area contributed by atoms with Gasteiger partial charge in [0.2, 0.25) is 0 Å². The Bertz CT molecular complexity index is 694. The van der Waals surface area contributed by atoms with E-state index in [9.17, 15) is 22.4 Å². The average Bonchev–Trinajstić information content (AvgIpc) is 2.90. The first-order valence-electron chi connectivity index (χ1n) is 6.48. The molecule has 1 heterocycles. The molecular formula is C10H17FN6O5S2. The molecule has 1 aromatic heterocycles. The van der Waals surface area contributed by atoms with Crippen molar-refractivity contribution in [3.8, 4) is 0 Å². The summed E-state index contributed by atoms with van der Waals surface area (Å²) in [6.45, 7) is -0.159. The summed E-state index contributed by atoms with van der Waals surface area (Å²) >= 11 is -0.0509. The van der Waals surface area contributed by atoms with Gasteiger partial charge in [-0.3, -0.25) is 9.56 Å². The normalized spacial score (nSPS) is 13.7. The Hall–Kier alpha value is -1.90. The Morgan fingerprint density at radius 3 is 2.88 bits per heavy atom. The van der Waals surface area contributed by atoms with Gasteiger partial charge in [0.1, 0.15) is 12.4 Å². The molecular weight excluding hydrogens is 367 g/mol. The molecule has 14 heteroatoms. The minimum atomic E-state index is -4.40. The van der Waals surface area contributed by atoms with E-state index in [0.29, 0.717) is 0 Å². The summed E-state index contributed by atoms with van der Waals surface area (Å²) in [6.07, 6.45) is 3.33. The van der Waals surface area contributed by atoms with Gasteiger partial charge < -0.3 is 15.8 Å². The van der Waals surface area contributed by atoms with Crippen molar-refractivity contribution >= 4 is 28.2 Å². The smallest absolute Gasteiger partial charge is 0.401 e. The first kappa shape index (κ1) is 20.1. The molecule has 1 unspecified atom stereocenters. The van der Waals surface area contributed by atoms with Gasteiger partial charge in [0.25, 0.3) is 10.1 Å². The van der Waals surface area contributed by atoms with Crippen LogP contribution in [0.15, 0.2) is 24.3 Å². The third kappa shape index (κ3) is 6.31. The van der Waals surface area contributed by atoms with Crippen LogP contribution in [-0.4, -0.2) is 43.5 Å². The summed E-state index contributed by atoms with van der Waals surface area (Å²) in [7, 11) is -4.40. The summed E-state index contributed by atoms with van der Waals surface area (Å²) in [5.74, 6) is 5.11. The number of hydrogen-bond acceptors (Lipinski definition) is 9. The zero-order valence-electron chi connectivity index (χ0n) is 12.4. The van der Waals surface area contributed by atoms with Crippen molar-refractivity contribution in [3.63, 3.8) is 0 Å². The molecule has 0 bridgehead atoms. The predicted octanol–water partition coefficient (Wildman–Crippen LogP) is 0.379. The van der Waals surface area contributed by atoms with Crippen molar-refractivity contribution in [1.82, 2.24) is 14.6 Å². The van der Waals surface area contributed by atoms with E-state index in [1.807, 2.05) is 0 Å². The zero-order valence-corrected chi connectivity index (χ0v) is 14.0. The molecule has 136 valence electrons. The van der Waals surface area contributed by atoms with Crippen LogP contribution in [0.5, 0.6) is 0 Å². The van der Waals surface area contributed by atoms with Gasteiger partial charge in [0.05, 0.1) is 5.25 Å². The fourth-order valence-electron chi connectivity index (χ4n) is 1.86. The molecule has 0 aliphatic rings. The summed E-state index contributed by atoms with van der Waals surface area (Å²) in [6, 6.07) is 0. The zero-order chi connectivity index (χ0) is 18.3. The molecule has 24 heavy (non-hydrogen) atoms. The van der Waals surface area contributed by atoms with E-state index in [1.54, 1.807) is 0 Å². The molecule has 0 amide bonds. The lowest BCUT2D eigenvalue weighted by atomic mass is 10.2. The minimum absolute atomic E-state index is 0.00625. The van der Waals surface area contributed by atoms with Gasteiger partial charge >= 0.3 is 5.95 Å². The first-order chi connectivity index (χ1) is 11.1. The maximum atomic E-state index is 12.1. The molecule has 0 aliphatic carbocycles. The molecule has 0 fully saturated rings. The van der Waals surface area contributed by atoms with Crippen LogP contribution in [0, 0.1) is 10.1 Å². The van der Waals surface area contributed by atoms with Crippen molar-refractivity contribution in [2.75, 3.05) is 5.75 Å². The lowest BCUT2D eigenvalue weighted by molar-refractivity contribution is -0.397. The fraction of sp³-hybridized carbons (Fsp3) is 0.500. The maximum absolute atomic E-state index is 12.1. The molecule has 0 spiro atoms. The molecule has 0 aromatic carbocycles. The number of aromatic nitrogens is 2. The predicted molar refractivity (Wildman–Crippen MR) is 85.3 cm³/mol. The Morgan fingerprint density at radius 2 is 2.33 bits per heavy atom. The number of hydrazine groups is 1. The van der Waals surface area contributed by atoms with Gasteiger partial charge in [0.15, 0.2) is 6.67 Å². The highest BCUT2D eigenvalue weighted by molar-refractivity contribution is 7.94. The molecule has 0 saturated heterocycles. The second kappa shape index (κ2) is 8.81. The molecule has 0 radical (unpaired) electrons. The number of hydrogen-bond donors (Lipinski definition) is 3.